The van der Waals surface area contributed by atoms with Crippen molar-refractivity contribution in [1.82, 2.24) is 0 Å². The second-order valence-electron chi connectivity index (χ2n) is 7.28. The number of halogens is 2. The summed E-state index contributed by atoms with van der Waals surface area (Å²) in [7, 11) is -4.08. The fourth-order valence-electron chi connectivity index (χ4n) is 3.72. The van der Waals surface area contributed by atoms with Gasteiger partial charge in [0.05, 0.1) is 17.3 Å². The molecule has 1 heterocycles. The number of fused-ring (bicyclic) bond motifs is 1. The van der Waals surface area contributed by atoms with E-state index in [1.165, 1.54) is 22.5 Å². The lowest BCUT2D eigenvalue weighted by molar-refractivity contribution is 0.0989. The first kappa shape index (κ1) is 22.4. The molecule has 1 aliphatic heterocycles. The van der Waals surface area contributed by atoms with Crippen LogP contribution in [0.15, 0.2) is 84.3 Å². The molecule has 0 saturated heterocycles. The average molecular weight is 487 g/mol. The number of anilines is 2. The smallest absolute Gasteiger partial charge is 0.266 e. The average Bonchev–Trinajstić information content (AvgIpc) is 3.22. The highest BCUT2D eigenvalue weighted by Gasteiger charge is 2.30. The van der Waals surface area contributed by atoms with Gasteiger partial charge < -0.3 is 4.90 Å². The van der Waals surface area contributed by atoms with E-state index in [0.717, 1.165) is 17.7 Å². The number of carbonyl (C=O) groups excluding carboxylic acids is 1. The Bertz CT molecular complexity index is 1290. The lowest BCUT2D eigenvalue weighted by Crippen LogP contribution is -2.32. The van der Waals surface area contributed by atoms with E-state index in [0.29, 0.717) is 17.3 Å². The minimum atomic E-state index is -4.08. The van der Waals surface area contributed by atoms with Gasteiger partial charge in [0.2, 0.25) is 0 Å². The maximum absolute atomic E-state index is 13.6. The molecule has 8 heteroatoms. The molecule has 0 bridgehead atoms. The van der Waals surface area contributed by atoms with Crippen molar-refractivity contribution in [3.8, 4) is 0 Å². The van der Waals surface area contributed by atoms with E-state index in [9.17, 15) is 13.2 Å². The van der Waals surface area contributed by atoms with Crippen molar-refractivity contribution in [3.63, 3.8) is 0 Å². The van der Waals surface area contributed by atoms with Crippen molar-refractivity contribution in [3.05, 3.63) is 101 Å². The SMILES string of the molecule is C=CCN(c1ccc(Cl)cc1)S(=O)(=O)c1cc(C(=O)N2CCc3ccccc32)ccc1Cl. The summed E-state index contributed by atoms with van der Waals surface area (Å²) < 4.78 is 28.3. The van der Waals surface area contributed by atoms with E-state index in [-0.39, 0.29) is 27.9 Å². The first-order valence-electron chi connectivity index (χ1n) is 9.91. The first-order valence-corrected chi connectivity index (χ1v) is 12.1. The molecule has 3 aromatic carbocycles. The molecule has 1 amide bonds. The van der Waals surface area contributed by atoms with Crippen molar-refractivity contribution in [2.24, 2.45) is 0 Å². The number of rotatable bonds is 6. The largest absolute Gasteiger partial charge is 0.308 e. The number of sulfonamides is 1. The van der Waals surface area contributed by atoms with Crippen LogP contribution in [0.1, 0.15) is 15.9 Å². The quantitative estimate of drug-likeness (QED) is 0.427. The van der Waals surface area contributed by atoms with Crippen LogP contribution in [0.2, 0.25) is 10.0 Å². The molecular weight excluding hydrogens is 467 g/mol. The van der Waals surface area contributed by atoms with Gasteiger partial charge in [-0.1, -0.05) is 47.5 Å². The van der Waals surface area contributed by atoms with E-state index in [2.05, 4.69) is 6.58 Å². The topological polar surface area (TPSA) is 57.7 Å². The van der Waals surface area contributed by atoms with E-state index in [1.807, 2.05) is 24.3 Å². The molecule has 164 valence electrons. The number of hydrogen-bond donors (Lipinski definition) is 0. The van der Waals surface area contributed by atoms with Gasteiger partial charge in [0.1, 0.15) is 4.90 Å². The monoisotopic (exact) mass is 486 g/mol. The van der Waals surface area contributed by atoms with Crippen LogP contribution in [0, 0.1) is 0 Å². The Kier molecular flexibility index (Phi) is 6.29. The second-order valence-corrected chi connectivity index (χ2v) is 9.96. The summed E-state index contributed by atoms with van der Waals surface area (Å²) in [5.41, 5.74) is 2.59. The normalized spacial score (nSPS) is 13.0. The molecule has 3 aromatic rings. The summed E-state index contributed by atoms with van der Waals surface area (Å²) in [6.07, 6.45) is 2.24. The van der Waals surface area contributed by atoms with Crippen LogP contribution in [0.3, 0.4) is 0 Å². The van der Waals surface area contributed by atoms with E-state index >= 15 is 0 Å². The first-order chi connectivity index (χ1) is 15.3. The fraction of sp³-hybridized carbons (Fsp3) is 0.125. The summed E-state index contributed by atoms with van der Waals surface area (Å²) in [5, 5.41) is 0.521. The van der Waals surface area contributed by atoms with Crippen molar-refractivity contribution in [2.75, 3.05) is 22.3 Å². The number of benzene rings is 3. The zero-order valence-electron chi connectivity index (χ0n) is 17.0. The molecule has 0 spiro atoms. The fourth-order valence-corrected chi connectivity index (χ4v) is 5.79. The van der Waals surface area contributed by atoms with Gasteiger partial charge in [-0.2, -0.15) is 0 Å². The molecule has 0 N–H and O–H groups in total. The molecule has 1 aliphatic rings. The highest BCUT2D eigenvalue weighted by molar-refractivity contribution is 7.93. The molecule has 0 saturated carbocycles. The van der Waals surface area contributed by atoms with Gasteiger partial charge in [0.15, 0.2) is 0 Å². The van der Waals surface area contributed by atoms with Crippen molar-refractivity contribution in [2.45, 2.75) is 11.3 Å². The molecule has 0 fully saturated rings. The number of para-hydroxylation sites is 1. The van der Waals surface area contributed by atoms with Gasteiger partial charge in [-0.25, -0.2) is 8.42 Å². The van der Waals surface area contributed by atoms with Gasteiger partial charge in [-0.15, -0.1) is 6.58 Å². The summed E-state index contributed by atoms with van der Waals surface area (Å²) in [6, 6.07) is 18.4. The Morgan fingerprint density at radius 3 is 2.50 bits per heavy atom. The third-order valence-corrected chi connectivity index (χ3v) is 7.82. The molecule has 32 heavy (non-hydrogen) atoms. The maximum Gasteiger partial charge on any atom is 0.266 e. The summed E-state index contributed by atoms with van der Waals surface area (Å²) >= 11 is 12.3. The Morgan fingerprint density at radius 1 is 1.06 bits per heavy atom. The molecule has 0 aromatic heterocycles. The van der Waals surface area contributed by atoms with Crippen molar-refractivity contribution >= 4 is 50.5 Å². The Labute approximate surface area is 197 Å². The lowest BCUT2D eigenvalue weighted by Gasteiger charge is -2.24. The van der Waals surface area contributed by atoms with Crippen LogP contribution in [0.5, 0.6) is 0 Å². The summed E-state index contributed by atoms with van der Waals surface area (Å²) in [6.45, 7) is 4.23. The number of nitrogens with zero attached hydrogens (tertiary/aromatic N) is 2. The molecule has 5 nitrogen and oxygen atoms in total. The van der Waals surface area contributed by atoms with Gasteiger partial charge in [-0.3, -0.25) is 9.10 Å². The molecule has 0 atom stereocenters. The molecule has 0 aliphatic carbocycles. The predicted molar refractivity (Wildman–Crippen MR) is 129 cm³/mol. The summed E-state index contributed by atoms with van der Waals surface area (Å²) in [5.74, 6) is -0.273. The second kappa shape index (κ2) is 8.98. The van der Waals surface area contributed by atoms with E-state index < -0.39 is 10.0 Å². The van der Waals surface area contributed by atoms with Gasteiger partial charge in [0.25, 0.3) is 15.9 Å². The van der Waals surface area contributed by atoms with Gasteiger partial charge in [0, 0.05) is 22.8 Å². The summed E-state index contributed by atoms with van der Waals surface area (Å²) in [4.78, 5) is 14.8. The standard InChI is InChI=1S/C24H20Cl2N2O3S/c1-2-14-28(20-10-8-19(25)9-11-20)32(30,31)23-16-18(7-12-21(23)26)24(29)27-15-13-17-5-3-4-6-22(17)27/h2-12,16H,1,13-15H2. The Balaban J connectivity index is 1.73. The van der Waals surface area contributed by atoms with Crippen LogP contribution >= 0.6 is 23.2 Å². The molecular formula is C24H20Cl2N2O3S. The Hall–Kier alpha value is -2.80. The number of carbonyl (C=O) groups is 1. The maximum atomic E-state index is 13.6. The number of amides is 1. The van der Waals surface area contributed by atoms with Gasteiger partial charge >= 0.3 is 0 Å². The lowest BCUT2D eigenvalue weighted by atomic mass is 10.1. The van der Waals surface area contributed by atoms with Crippen LogP contribution in [-0.2, 0) is 16.4 Å². The van der Waals surface area contributed by atoms with E-state index in [4.69, 9.17) is 23.2 Å². The van der Waals surface area contributed by atoms with Crippen LogP contribution in [-0.4, -0.2) is 27.4 Å². The molecule has 0 unspecified atom stereocenters. The van der Waals surface area contributed by atoms with Crippen LogP contribution in [0.25, 0.3) is 0 Å². The third kappa shape index (κ3) is 4.13. The van der Waals surface area contributed by atoms with E-state index in [1.54, 1.807) is 35.2 Å². The third-order valence-electron chi connectivity index (χ3n) is 5.29. The zero-order chi connectivity index (χ0) is 22.9. The molecule has 0 radical (unpaired) electrons. The highest BCUT2D eigenvalue weighted by Crippen LogP contribution is 2.33. The highest BCUT2D eigenvalue weighted by atomic mass is 35.5. The Morgan fingerprint density at radius 2 is 1.78 bits per heavy atom. The minimum Gasteiger partial charge on any atom is -0.308 e. The van der Waals surface area contributed by atoms with Gasteiger partial charge in [-0.05, 0) is 60.5 Å². The van der Waals surface area contributed by atoms with Crippen LogP contribution in [0.4, 0.5) is 11.4 Å². The van der Waals surface area contributed by atoms with Crippen molar-refractivity contribution in [1.29, 1.82) is 0 Å². The molecule has 4 rings (SSSR count). The predicted octanol–water partition coefficient (Wildman–Crippen LogP) is 5.58. The van der Waals surface area contributed by atoms with Crippen molar-refractivity contribution < 1.29 is 13.2 Å². The van der Waals surface area contributed by atoms with Crippen LogP contribution < -0.4 is 9.21 Å². The number of hydrogen-bond acceptors (Lipinski definition) is 3. The zero-order valence-corrected chi connectivity index (χ0v) is 19.4. The minimum absolute atomic E-state index is 0.0258.